The summed E-state index contributed by atoms with van der Waals surface area (Å²) in [7, 11) is 0. The van der Waals surface area contributed by atoms with E-state index in [-0.39, 0.29) is 11.1 Å². The molecule has 0 fully saturated rings. The van der Waals surface area contributed by atoms with Crippen molar-refractivity contribution in [3.63, 3.8) is 0 Å². The van der Waals surface area contributed by atoms with E-state index in [9.17, 15) is 10.1 Å². The zero-order valence-corrected chi connectivity index (χ0v) is 12.0. The number of aryl methyl sites for hydroxylation is 1. The number of nitrogens with two attached hydrogens (primary N) is 1. The number of aromatic nitrogens is 1. The summed E-state index contributed by atoms with van der Waals surface area (Å²) >= 11 is 0. The van der Waals surface area contributed by atoms with E-state index < -0.39 is 4.92 Å². The first-order valence-corrected chi connectivity index (χ1v) is 6.37. The number of nitro groups is 1. The van der Waals surface area contributed by atoms with Gasteiger partial charge in [0.15, 0.2) is 0 Å². The summed E-state index contributed by atoms with van der Waals surface area (Å²) in [5.41, 5.74) is 6.56. The van der Waals surface area contributed by atoms with Crippen LogP contribution in [0.5, 0.6) is 0 Å². The molecule has 0 spiro atoms. The maximum absolute atomic E-state index is 10.7. The van der Waals surface area contributed by atoms with Crippen LogP contribution in [0.3, 0.4) is 0 Å². The SMILES string of the molecule is CCN(CC(C)(C)CN)c1ncc([N+](=O)[O-])cc1C. The quantitative estimate of drug-likeness (QED) is 0.629. The molecule has 0 bridgehead atoms. The molecular formula is C13H22N4O2. The van der Waals surface area contributed by atoms with Gasteiger partial charge in [-0.15, -0.1) is 0 Å². The van der Waals surface area contributed by atoms with Crippen LogP contribution in [0.25, 0.3) is 0 Å². The molecule has 106 valence electrons. The third kappa shape index (κ3) is 3.89. The summed E-state index contributed by atoms with van der Waals surface area (Å²) in [6.07, 6.45) is 1.31. The number of rotatable bonds is 6. The largest absolute Gasteiger partial charge is 0.356 e. The monoisotopic (exact) mass is 266 g/mol. The first kappa shape index (κ1) is 15.4. The smallest absolute Gasteiger partial charge is 0.287 e. The third-order valence-corrected chi connectivity index (χ3v) is 3.10. The fourth-order valence-electron chi connectivity index (χ4n) is 1.90. The standard InChI is InChI=1S/C13H22N4O2/c1-5-16(9-13(3,4)8-14)12-10(2)6-11(7-15-12)17(18)19/h6-7H,5,8-9,14H2,1-4H3. The second kappa shape index (κ2) is 5.97. The molecule has 0 aliphatic carbocycles. The normalized spacial score (nSPS) is 11.4. The van der Waals surface area contributed by atoms with Gasteiger partial charge >= 0.3 is 0 Å². The van der Waals surface area contributed by atoms with E-state index in [0.717, 1.165) is 24.5 Å². The van der Waals surface area contributed by atoms with E-state index in [0.29, 0.717) is 6.54 Å². The number of hydrogen-bond donors (Lipinski definition) is 1. The van der Waals surface area contributed by atoms with Gasteiger partial charge in [0.1, 0.15) is 12.0 Å². The van der Waals surface area contributed by atoms with Crippen molar-refractivity contribution in [1.82, 2.24) is 4.98 Å². The minimum absolute atomic E-state index is 0.0219. The second-order valence-electron chi connectivity index (χ2n) is 5.47. The van der Waals surface area contributed by atoms with E-state index in [1.807, 2.05) is 13.8 Å². The predicted molar refractivity (Wildman–Crippen MR) is 76.4 cm³/mol. The molecule has 6 heteroatoms. The summed E-state index contributed by atoms with van der Waals surface area (Å²) in [5, 5.41) is 10.7. The molecule has 0 amide bonds. The highest BCUT2D eigenvalue weighted by atomic mass is 16.6. The van der Waals surface area contributed by atoms with Gasteiger partial charge in [0.2, 0.25) is 0 Å². The Bertz CT molecular complexity index is 460. The minimum atomic E-state index is -0.427. The average Bonchev–Trinajstić information content (AvgIpc) is 2.36. The fraction of sp³-hybridized carbons (Fsp3) is 0.615. The molecule has 19 heavy (non-hydrogen) atoms. The maximum Gasteiger partial charge on any atom is 0.287 e. The topological polar surface area (TPSA) is 85.3 Å². The van der Waals surface area contributed by atoms with Crippen molar-refractivity contribution in [2.75, 3.05) is 24.5 Å². The first-order valence-electron chi connectivity index (χ1n) is 6.37. The van der Waals surface area contributed by atoms with Crippen LogP contribution < -0.4 is 10.6 Å². The number of pyridine rings is 1. The van der Waals surface area contributed by atoms with Crippen LogP contribution in [-0.4, -0.2) is 29.5 Å². The number of hydrogen-bond acceptors (Lipinski definition) is 5. The lowest BCUT2D eigenvalue weighted by atomic mass is 9.93. The van der Waals surface area contributed by atoms with Crippen molar-refractivity contribution in [1.29, 1.82) is 0 Å². The molecule has 0 radical (unpaired) electrons. The molecule has 1 aromatic rings. The molecule has 0 atom stereocenters. The Balaban J connectivity index is 3.02. The van der Waals surface area contributed by atoms with Crippen molar-refractivity contribution in [2.24, 2.45) is 11.1 Å². The predicted octanol–water partition coefficient (Wildman–Crippen LogP) is 2.11. The number of nitrogens with zero attached hydrogens (tertiary/aromatic N) is 3. The van der Waals surface area contributed by atoms with E-state index in [1.165, 1.54) is 6.20 Å². The molecule has 1 rings (SSSR count). The van der Waals surface area contributed by atoms with Gasteiger partial charge in [-0.1, -0.05) is 13.8 Å². The van der Waals surface area contributed by atoms with E-state index in [1.54, 1.807) is 6.07 Å². The molecule has 0 aromatic carbocycles. The molecular weight excluding hydrogens is 244 g/mol. The summed E-state index contributed by atoms with van der Waals surface area (Å²) in [4.78, 5) is 16.6. The molecule has 0 aliphatic heterocycles. The van der Waals surface area contributed by atoms with Crippen LogP contribution >= 0.6 is 0 Å². The number of anilines is 1. The van der Waals surface area contributed by atoms with Gasteiger partial charge in [0.05, 0.1) is 4.92 Å². The lowest BCUT2D eigenvalue weighted by molar-refractivity contribution is -0.385. The van der Waals surface area contributed by atoms with Gasteiger partial charge < -0.3 is 10.6 Å². The van der Waals surface area contributed by atoms with Crippen LogP contribution in [0.1, 0.15) is 26.3 Å². The Hall–Kier alpha value is -1.69. The highest BCUT2D eigenvalue weighted by Gasteiger charge is 2.22. The van der Waals surface area contributed by atoms with Gasteiger partial charge in [0.25, 0.3) is 5.69 Å². The highest BCUT2D eigenvalue weighted by Crippen LogP contribution is 2.24. The Morgan fingerprint density at radius 1 is 1.53 bits per heavy atom. The van der Waals surface area contributed by atoms with Gasteiger partial charge in [-0.05, 0) is 31.4 Å². The van der Waals surface area contributed by atoms with E-state index in [2.05, 4.69) is 23.7 Å². The van der Waals surface area contributed by atoms with Gasteiger partial charge in [-0.3, -0.25) is 10.1 Å². The van der Waals surface area contributed by atoms with Gasteiger partial charge in [0, 0.05) is 19.2 Å². The molecule has 2 N–H and O–H groups in total. The van der Waals surface area contributed by atoms with Crippen molar-refractivity contribution >= 4 is 11.5 Å². The van der Waals surface area contributed by atoms with Crippen LogP contribution in [0.15, 0.2) is 12.3 Å². The summed E-state index contributed by atoms with van der Waals surface area (Å²) in [6.45, 7) is 10.2. The summed E-state index contributed by atoms with van der Waals surface area (Å²) < 4.78 is 0. The van der Waals surface area contributed by atoms with Gasteiger partial charge in [-0.25, -0.2) is 4.98 Å². The fourth-order valence-corrected chi connectivity index (χ4v) is 1.90. The van der Waals surface area contributed by atoms with E-state index in [4.69, 9.17) is 5.73 Å². The molecule has 0 saturated heterocycles. The Morgan fingerprint density at radius 2 is 2.16 bits per heavy atom. The molecule has 0 aliphatic rings. The molecule has 1 aromatic heterocycles. The van der Waals surface area contributed by atoms with Crippen molar-refractivity contribution in [3.8, 4) is 0 Å². The second-order valence-corrected chi connectivity index (χ2v) is 5.47. The van der Waals surface area contributed by atoms with E-state index >= 15 is 0 Å². The highest BCUT2D eigenvalue weighted by molar-refractivity contribution is 5.50. The zero-order chi connectivity index (χ0) is 14.6. The van der Waals surface area contributed by atoms with Crippen LogP contribution in [0.4, 0.5) is 11.5 Å². The molecule has 0 unspecified atom stereocenters. The van der Waals surface area contributed by atoms with Gasteiger partial charge in [-0.2, -0.15) is 0 Å². The lowest BCUT2D eigenvalue weighted by Crippen LogP contribution is -2.39. The van der Waals surface area contributed by atoms with Crippen molar-refractivity contribution in [2.45, 2.75) is 27.7 Å². The Kier molecular flexibility index (Phi) is 4.83. The first-order chi connectivity index (χ1) is 8.80. The molecule has 6 nitrogen and oxygen atoms in total. The summed E-state index contributed by atoms with van der Waals surface area (Å²) in [5.74, 6) is 0.787. The zero-order valence-electron chi connectivity index (χ0n) is 12.0. The maximum atomic E-state index is 10.7. The van der Waals surface area contributed by atoms with Crippen LogP contribution in [0, 0.1) is 22.5 Å². The molecule has 1 heterocycles. The van der Waals surface area contributed by atoms with Crippen molar-refractivity contribution in [3.05, 3.63) is 27.9 Å². The van der Waals surface area contributed by atoms with Crippen molar-refractivity contribution < 1.29 is 4.92 Å². The Morgan fingerprint density at radius 3 is 2.58 bits per heavy atom. The third-order valence-electron chi connectivity index (χ3n) is 3.10. The van der Waals surface area contributed by atoms with Crippen LogP contribution in [0.2, 0.25) is 0 Å². The Labute approximate surface area is 113 Å². The lowest BCUT2D eigenvalue weighted by Gasteiger charge is -2.32. The molecule has 0 saturated carbocycles. The van der Waals surface area contributed by atoms with Crippen LogP contribution in [-0.2, 0) is 0 Å². The minimum Gasteiger partial charge on any atom is -0.356 e. The summed E-state index contributed by atoms with van der Waals surface area (Å²) in [6, 6.07) is 1.56. The average molecular weight is 266 g/mol.